The highest BCUT2D eigenvalue weighted by Crippen LogP contribution is 2.28. The molecule has 3 N–H and O–H groups in total. The fourth-order valence-corrected chi connectivity index (χ4v) is 3.58. The predicted octanol–water partition coefficient (Wildman–Crippen LogP) is 3.16. The number of benzene rings is 1. The number of nitrogens with one attached hydrogen (secondary N) is 2. The fraction of sp³-hybridized carbons (Fsp3) is 0.550. The van der Waals surface area contributed by atoms with E-state index in [0.717, 1.165) is 12.1 Å². The topological polar surface area (TPSA) is 108 Å². The van der Waals surface area contributed by atoms with E-state index in [1.807, 2.05) is 6.92 Å². The maximum absolute atomic E-state index is 14.5. The first kappa shape index (κ1) is 25.4. The molecule has 8 nitrogen and oxygen atoms in total. The van der Waals surface area contributed by atoms with Crippen molar-refractivity contribution in [2.45, 2.75) is 57.6 Å². The average molecular weight is 463 g/mol. The van der Waals surface area contributed by atoms with Gasteiger partial charge in [-0.15, -0.1) is 13.2 Å². The molecule has 3 atom stereocenters. The van der Waals surface area contributed by atoms with Crippen LogP contribution >= 0.6 is 0 Å². The summed E-state index contributed by atoms with van der Waals surface area (Å²) < 4.78 is 55.6. The summed E-state index contributed by atoms with van der Waals surface area (Å²) in [6.45, 7) is 1.98. The normalized spacial score (nSPS) is 18.1. The van der Waals surface area contributed by atoms with Crippen molar-refractivity contribution in [1.82, 2.24) is 10.4 Å². The van der Waals surface area contributed by atoms with E-state index in [2.05, 4.69) is 10.1 Å². The second-order valence-electron chi connectivity index (χ2n) is 7.38. The van der Waals surface area contributed by atoms with Gasteiger partial charge in [0.2, 0.25) is 11.8 Å². The van der Waals surface area contributed by atoms with Crippen molar-refractivity contribution in [1.29, 1.82) is 0 Å². The van der Waals surface area contributed by atoms with Gasteiger partial charge < -0.3 is 15.0 Å². The molecule has 1 heterocycles. The Morgan fingerprint density at radius 2 is 2.03 bits per heavy atom. The Bertz CT molecular complexity index is 821. The first-order valence-corrected chi connectivity index (χ1v) is 10.1. The number of nitrogens with zero attached hydrogens (tertiary/aromatic N) is 1. The third kappa shape index (κ3) is 6.81. The molecule has 0 aromatic heterocycles. The van der Waals surface area contributed by atoms with Gasteiger partial charge in [-0.3, -0.25) is 19.6 Å². The van der Waals surface area contributed by atoms with Crippen LogP contribution in [-0.2, 0) is 14.4 Å². The molecule has 1 aromatic rings. The fourth-order valence-electron chi connectivity index (χ4n) is 3.58. The van der Waals surface area contributed by atoms with Gasteiger partial charge >= 0.3 is 6.36 Å². The Labute approximate surface area is 181 Å². The summed E-state index contributed by atoms with van der Waals surface area (Å²) in [6, 6.07) is 3.69. The molecular weight excluding hydrogens is 438 g/mol. The van der Waals surface area contributed by atoms with E-state index in [4.69, 9.17) is 5.21 Å². The number of alkyl halides is 4. The Balaban J connectivity index is 2.14. The highest BCUT2D eigenvalue weighted by molar-refractivity contribution is 5.98. The van der Waals surface area contributed by atoms with Gasteiger partial charge in [-0.05, 0) is 31.4 Å². The number of anilines is 1. The molecule has 1 aliphatic rings. The van der Waals surface area contributed by atoms with Gasteiger partial charge in [0.25, 0.3) is 5.91 Å². The highest BCUT2D eigenvalue weighted by atomic mass is 19.4. The van der Waals surface area contributed by atoms with E-state index in [1.165, 1.54) is 22.5 Å². The van der Waals surface area contributed by atoms with Crippen molar-refractivity contribution in [2.24, 2.45) is 5.92 Å². The summed E-state index contributed by atoms with van der Waals surface area (Å²) in [4.78, 5) is 38.4. The standard InChI is InChI=1S/C20H25F4N3O5/c1-2-3-8-14(16(21)18(29)26-31)19(30)27-10-5-9-15(27)17(28)25-12-6-4-7-13(11-12)32-20(22,23)24/h4,6-7,11,14-16,31H,2-3,5,8-10H2,1H3,(H,25,28)(H,26,29)/t14?,15-,16?/m0/s1. The van der Waals surface area contributed by atoms with Gasteiger partial charge in [0.05, 0.1) is 5.92 Å². The maximum Gasteiger partial charge on any atom is 0.573 e. The number of hydroxylamine groups is 1. The van der Waals surface area contributed by atoms with Crippen molar-refractivity contribution >= 4 is 23.4 Å². The van der Waals surface area contributed by atoms with E-state index in [0.29, 0.717) is 19.3 Å². The molecule has 0 saturated carbocycles. The molecule has 12 heteroatoms. The molecule has 1 fully saturated rings. The summed E-state index contributed by atoms with van der Waals surface area (Å²) in [5, 5.41) is 11.2. The van der Waals surface area contributed by atoms with Crippen LogP contribution in [0.3, 0.4) is 0 Å². The third-order valence-electron chi connectivity index (χ3n) is 5.07. The molecule has 2 rings (SSSR count). The molecule has 0 aliphatic carbocycles. The second kappa shape index (κ2) is 11.1. The SMILES string of the molecule is CCCCC(C(=O)N1CCC[C@H]1C(=O)Nc1cccc(OC(F)(F)F)c1)C(F)C(=O)NO. The zero-order valence-electron chi connectivity index (χ0n) is 17.3. The Morgan fingerprint density at radius 3 is 2.66 bits per heavy atom. The third-order valence-corrected chi connectivity index (χ3v) is 5.07. The molecule has 1 aliphatic heterocycles. The minimum Gasteiger partial charge on any atom is -0.406 e. The first-order valence-electron chi connectivity index (χ1n) is 10.1. The molecule has 0 radical (unpaired) electrons. The van der Waals surface area contributed by atoms with Crippen LogP contribution < -0.4 is 15.5 Å². The van der Waals surface area contributed by atoms with Crippen molar-refractivity contribution < 1.29 is 41.9 Å². The van der Waals surface area contributed by atoms with E-state index in [-0.39, 0.29) is 25.1 Å². The minimum atomic E-state index is -4.89. The van der Waals surface area contributed by atoms with Crippen LogP contribution in [0.5, 0.6) is 5.75 Å². The summed E-state index contributed by atoms with van der Waals surface area (Å²) in [6.07, 6.45) is -5.34. The molecule has 3 amide bonds. The number of halogens is 4. The van der Waals surface area contributed by atoms with Crippen LogP contribution in [0.25, 0.3) is 0 Å². The lowest BCUT2D eigenvalue weighted by Crippen LogP contribution is -2.49. The lowest BCUT2D eigenvalue weighted by atomic mass is 9.94. The maximum atomic E-state index is 14.5. The van der Waals surface area contributed by atoms with Crippen molar-refractivity contribution in [3.05, 3.63) is 24.3 Å². The molecule has 1 aromatic carbocycles. The molecule has 0 spiro atoms. The van der Waals surface area contributed by atoms with Gasteiger partial charge in [-0.25, -0.2) is 9.87 Å². The quantitative estimate of drug-likeness (QED) is 0.296. The molecule has 0 bridgehead atoms. The minimum absolute atomic E-state index is 0.0293. The Morgan fingerprint density at radius 1 is 1.31 bits per heavy atom. The Hall–Kier alpha value is -2.89. The summed E-state index contributed by atoms with van der Waals surface area (Å²) in [5.41, 5.74) is 1.23. The molecule has 178 valence electrons. The number of unbranched alkanes of at least 4 members (excludes halogenated alkanes) is 1. The van der Waals surface area contributed by atoms with E-state index < -0.39 is 48.0 Å². The predicted molar refractivity (Wildman–Crippen MR) is 104 cm³/mol. The van der Waals surface area contributed by atoms with Crippen molar-refractivity contribution in [3.8, 4) is 5.75 Å². The van der Waals surface area contributed by atoms with Crippen LogP contribution in [0.4, 0.5) is 23.2 Å². The zero-order valence-corrected chi connectivity index (χ0v) is 17.3. The number of rotatable bonds is 9. The monoisotopic (exact) mass is 463 g/mol. The smallest absolute Gasteiger partial charge is 0.406 e. The lowest BCUT2D eigenvalue weighted by Gasteiger charge is -2.29. The first-order chi connectivity index (χ1) is 15.1. The molecule has 32 heavy (non-hydrogen) atoms. The number of carbonyl (C=O) groups excluding carboxylic acids is 3. The van der Waals surface area contributed by atoms with Gasteiger partial charge in [-0.2, -0.15) is 0 Å². The van der Waals surface area contributed by atoms with Gasteiger partial charge in [0, 0.05) is 18.3 Å². The molecule has 1 saturated heterocycles. The van der Waals surface area contributed by atoms with Crippen LogP contribution in [-0.4, -0.2) is 52.9 Å². The number of likely N-dealkylation sites (tertiary alicyclic amines) is 1. The molecular formula is C20H25F4N3O5. The number of ether oxygens (including phenoxy) is 1. The summed E-state index contributed by atoms with van der Waals surface area (Å²) in [7, 11) is 0. The van der Waals surface area contributed by atoms with E-state index in [1.54, 1.807) is 0 Å². The Kier molecular flexibility index (Phi) is 8.81. The van der Waals surface area contributed by atoms with Gasteiger partial charge in [-0.1, -0.05) is 25.8 Å². The summed E-state index contributed by atoms with van der Waals surface area (Å²) >= 11 is 0. The van der Waals surface area contributed by atoms with Gasteiger partial charge in [0.15, 0.2) is 6.17 Å². The second-order valence-corrected chi connectivity index (χ2v) is 7.38. The van der Waals surface area contributed by atoms with Crippen molar-refractivity contribution in [3.63, 3.8) is 0 Å². The summed E-state index contributed by atoms with van der Waals surface area (Å²) in [5.74, 6) is -4.64. The van der Waals surface area contributed by atoms with Crippen LogP contribution in [0, 0.1) is 5.92 Å². The van der Waals surface area contributed by atoms with Gasteiger partial charge in [0.1, 0.15) is 11.8 Å². The number of hydrogen-bond acceptors (Lipinski definition) is 5. The lowest BCUT2D eigenvalue weighted by molar-refractivity contribution is -0.274. The zero-order chi connectivity index (χ0) is 23.9. The van der Waals surface area contributed by atoms with E-state index in [9.17, 15) is 31.9 Å². The van der Waals surface area contributed by atoms with E-state index >= 15 is 0 Å². The number of hydrogen-bond donors (Lipinski definition) is 3. The van der Waals surface area contributed by atoms with Crippen LogP contribution in [0.1, 0.15) is 39.0 Å². The highest BCUT2D eigenvalue weighted by Gasteiger charge is 2.41. The van der Waals surface area contributed by atoms with Crippen LogP contribution in [0.15, 0.2) is 24.3 Å². The number of amides is 3. The average Bonchev–Trinajstić information content (AvgIpc) is 3.22. The van der Waals surface area contributed by atoms with Crippen molar-refractivity contribution in [2.75, 3.05) is 11.9 Å². The largest absolute Gasteiger partial charge is 0.573 e. The van der Waals surface area contributed by atoms with Crippen LogP contribution in [0.2, 0.25) is 0 Å². The molecule has 2 unspecified atom stereocenters. The number of carbonyl (C=O) groups is 3.